The number of benzene rings is 2. The molecule has 1 amide bonds. The van der Waals surface area contributed by atoms with Crippen LogP contribution in [0, 0.1) is 6.92 Å². The quantitative estimate of drug-likeness (QED) is 0.904. The van der Waals surface area contributed by atoms with Crippen LogP contribution in [0.4, 0.5) is 11.4 Å². The predicted octanol–water partition coefficient (Wildman–Crippen LogP) is 4.50. The molecule has 1 N–H and O–H groups in total. The number of carbonyl (C=O) groups is 1. The van der Waals surface area contributed by atoms with Gasteiger partial charge in [-0.3, -0.25) is 4.79 Å². The number of nitrogens with one attached hydrogen (secondary N) is 1. The second kappa shape index (κ2) is 6.41. The van der Waals surface area contributed by atoms with Gasteiger partial charge in [0.1, 0.15) is 0 Å². The Kier molecular flexibility index (Phi) is 4.34. The molecule has 0 atom stereocenters. The van der Waals surface area contributed by atoms with Gasteiger partial charge in [0, 0.05) is 35.1 Å². The first-order valence-corrected chi connectivity index (χ1v) is 7.94. The van der Waals surface area contributed by atoms with E-state index in [0.717, 1.165) is 24.3 Å². The normalized spacial score (nSPS) is 14.2. The van der Waals surface area contributed by atoms with Crippen LogP contribution in [0.25, 0.3) is 0 Å². The van der Waals surface area contributed by atoms with Crippen molar-refractivity contribution >= 4 is 28.9 Å². The van der Waals surface area contributed by atoms with Crippen LogP contribution in [0.15, 0.2) is 42.5 Å². The summed E-state index contributed by atoms with van der Waals surface area (Å²) in [5.41, 5.74) is 3.71. The number of hydrogen-bond donors (Lipinski definition) is 1. The van der Waals surface area contributed by atoms with Crippen LogP contribution in [0.5, 0.6) is 0 Å². The summed E-state index contributed by atoms with van der Waals surface area (Å²) in [4.78, 5) is 14.7. The maximum Gasteiger partial charge on any atom is 0.255 e. The molecule has 0 aromatic heterocycles. The summed E-state index contributed by atoms with van der Waals surface area (Å²) < 4.78 is 0. The minimum absolute atomic E-state index is 0.139. The topological polar surface area (TPSA) is 32.3 Å². The molecule has 0 unspecified atom stereocenters. The van der Waals surface area contributed by atoms with Crippen molar-refractivity contribution in [2.75, 3.05) is 23.3 Å². The Morgan fingerprint density at radius 3 is 2.59 bits per heavy atom. The molecule has 0 bridgehead atoms. The summed E-state index contributed by atoms with van der Waals surface area (Å²) in [7, 11) is 0. The Morgan fingerprint density at radius 2 is 1.91 bits per heavy atom. The van der Waals surface area contributed by atoms with Crippen molar-refractivity contribution in [1.82, 2.24) is 0 Å². The van der Waals surface area contributed by atoms with Crippen LogP contribution in [-0.2, 0) is 0 Å². The van der Waals surface area contributed by atoms with Crippen LogP contribution in [-0.4, -0.2) is 19.0 Å². The van der Waals surface area contributed by atoms with Gasteiger partial charge < -0.3 is 10.2 Å². The smallest absolute Gasteiger partial charge is 0.255 e. The number of halogens is 1. The number of rotatable bonds is 3. The molecule has 1 fully saturated rings. The van der Waals surface area contributed by atoms with Gasteiger partial charge in [0.15, 0.2) is 0 Å². The van der Waals surface area contributed by atoms with E-state index in [0.29, 0.717) is 10.6 Å². The highest BCUT2D eigenvalue weighted by molar-refractivity contribution is 6.31. The Labute approximate surface area is 135 Å². The van der Waals surface area contributed by atoms with Gasteiger partial charge in [-0.1, -0.05) is 17.7 Å². The average molecular weight is 315 g/mol. The van der Waals surface area contributed by atoms with E-state index in [9.17, 15) is 4.79 Å². The van der Waals surface area contributed by atoms with Crippen LogP contribution < -0.4 is 10.2 Å². The monoisotopic (exact) mass is 314 g/mol. The van der Waals surface area contributed by atoms with Crippen LogP contribution in [0.2, 0.25) is 5.02 Å². The number of amides is 1. The Bertz CT molecular complexity index is 693. The first kappa shape index (κ1) is 14.9. The first-order chi connectivity index (χ1) is 10.6. The number of aryl methyl sites for hydroxylation is 1. The molecule has 1 heterocycles. The van der Waals surface area contributed by atoms with Gasteiger partial charge >= 0.3 is 0 Å². The van der Waals surface area contributed by atoms with Crippen LogP contribution >= 0.6 is 11.6 Å². The molecule has 4 heteroatoms. The average Bonchev–Trinajstić information content (AvgIpc) is 3.03. The summed E-state index contributed by atoms with van der Waals surface area (Å²) in [6.07, 6.45) is 2.51. The molecule has 114 valence electrons. The van der Waals surface area contributed by atoms with Gasteiger partial charge in [-0.15, -0.1) is 0 Å². The molecule has 3 rings (SSSR count). The lowest BCUT2D eigenvalue weighted by atomic mass is 10.1. The van der Waals surface area contributed by atoms with Gasteiger partial charge in [0.05, 0.1) is 0 Å². The van der Waals surface area contributed by atoms with E-state index in [-0.39, 0.29) is 5.91 Å². The fourth-order valence-corrected chi connectivity index (χ4v) is 2.97. The van der Waals surface area contributed by atoms with E-state index in [1.165, 1.54) is 18.5 Å². The lowest BCUT2D eigenvalue weighted by molar-refractivity contribution is 0.102. The summed E-state index contributed by atoms with van der Waals surface area (Å²) in [5, 5.41) is 3.52. The van der Waals surface area contributed by atoms with Crippen molar-refractivity contribution in [2.24, 2.45) is 0 Å². The van der Waals surface area contributed by atoms with Crippen molar-refractivity contribution in [3.8, 4) is 0 Å². The molecular formula is C18H19ClN2O. The summed E-state index contributed by atoms with van der Waals surface area (Å²) in [5.74, 6) is -0.139. The molecule has 1 saturated heterocycles. The summed E-state index contributed by atoms with van der Waals surface area (Å²) in [6.45, 7) is 4.26. The minimum Gasteiger partial charge on any atom is -0.372 e. The van der Waals surface area contributed by atoms with Crippen molar-refractivity contribution in [3.05, 3.63) is 58.6 Å². The fraction of sp³-hybridized carbons (Fsp3) is 0.278. The van der Waals surface area contributed by atoms with Crippen molar-refractivity contribution in [3.63, 3.8) is 0 Å². The third-order valence-electron chi connectivity index (χ3n) is 4.02. The zero-order chi connectivity index (χ0) is 15.5. The van der Waals surface area contributed by atoms with Crippen molar-refractivity contribution in [1.29, 1.82) is 0 Å². The molecule has 2 aromatic carbocycles. The molecule has 0 radical (unpaired) electrons. The van der Waals surface area contributed by atoms with Gasteiger partial charge in [-0.25, -0.2) is 0 Å². The van der Waals surface area contributed by atoms with Gasteiger partial charge in [-0.05, 0) is 61.7 Å². The SMILES string of the molecule is Cc1cc(N2CCCC2)ccc1NC(=O)c1cccc(Cl)c1. The molecule has 1 aliphatic heterocycles. The van der Waals surface area contributed by atoms with E-state index < -0.39 is 0 Å². The largest absolute Gasteiger partial charge is 0.372 e. The number of carbonyl (C=O) groups excluding carboxylic acids is 1. The Morgan fingerprint density at radius 1 is 1.14 bits per heavy atom. The second-order valence-electron chi connectivity index (χ2n) is 5.66. The lowest BCUT2D eigenvalue weighted by Gasteiger charge is -2.19. The minimum atomic E-state index is -0.139. The van der Waals surface area contributed by atoms with E-state index in [2.05, 4.69) is 22.3 Å². The zero-order valence-corrected chi connectivity index (χ0v) is 13.4. The molecule has 0 saturated carbocycles. The maximum atomic E-state index is 12.3. The fourth-order valence-electron chi connectivity index (χ4n) is 2.78. The Hall–Kier alpha value is -2.00. The number of nitrogens with zero attached hydrogens (tertiary/aromatic N) is 1. The van der Waals surface area contributed by atoms with Gasteiger partial charge in [-0.2, -0.15) is 0 Å². The van der Waals surface area contributed by atoms with E-state index in [4.69, 9.17) is 11.6 Å². The highest BCUT2D eigenvalue weighted by Gasteiger charge is 2.14. The standard InChI is InChI=1S/C18H19ClN2O/c1-13-11-16(21-9-2-3-10-21)7-8-17(13)20-18(22)14-5-4-6-15(19)12-14/h4-8,11-12H,2-3,9-10H2,1H3,(H,20,22). The number of hydrogen-bond acceptors (Lipinski definition) is 2. The van der Waals surface area contributed by atoms with Gasteiger partial charge in [0.2, 0.25) is 0 Å². The van der Waals surface area contributed by atoms with E-state index >= 15 is 0 Å². The molecule has 1 aliphatic rings. The lowest BCUT2D eigenvalue weighted by Crippen LogP contribution is -2.18. The summed E-state index contributed by atoms with van der Waals surface area (Å²) >= 11 is 5.93. The third-order valence-corrected chi connectivity index (χ3v) is 4.25. The molecule has 2 aromatic rings. The highest BCUT2D eigenvalue weighted by Crippen LogP contribution is 2.26. The van der Waals surface area contributed by atoms with Gasteiger partial charge in [0.25, 0.3) is 5.91 Å². The van der Waals surface area contributed by atoms with Crippen LogP contribution in [0.3, 0.4) is 0 Å². The maximum absolute atomic E-state index is 12.3. The molecule has 22 heavy (non-hydrogen) atoms. The predicted molar refractivity (Wildman–Crippen MR) is 92.0 cm³/mol. The molecule has 0 spiro atoms. The Balaban J connectivity index is 1.76. The third kappa shape index (κ3) is 3.25. The van der Waals surface area contributed by atoms with E-state index in [1.54, 1.807) is 24.3 Å². The summed E-state index contributed by atoms with van der Waals surface area (Å²) in [6, 6.07) is 13.2. The molecule has 3 nitrogen and oxygen atoms in total. The zero-order valence-electron chi connectivity index (χ0n) is 12.6. The van der Waals surface area contributed by atoms with Crippen LogP contribution in [0.1, 0.15) is 28.8 Å². The highest BCUT2D eigenvalue weighted by atomic mass is 35.5. The van der Waals surface area contributed by atoms with Crippen molar-refractivity contribution < 1.29 is 4.79 Å². The first-order valence-electron chi connectivity index (χ1n) is 7.56. The van der Waals surface area contributed by atoms with E-state index in [1.807, 2.05) is 13.0 Å². The van der Waals surface area contributed by atoms with Crippen molar-refractivity contribution in [2.45, 2.75) is 19.8 Å². The second-order valence-corrected chi connectivity index (χ2v) is 6.09. The molecule has 0 aliphatic carbocycles. The number of anilines is 2. The molecular weight excluding hydrogens is 296 g/mol.